The molecule has 0 saturated carbocycles. The number of halogens is 1. The van der Waals surface area contributed by atoms with Gasteiger partial charge < -0.3 is 9.64 Å². The standard InChI is InChI=1S/C15H17FN2OS/c1-10-7-18(8-11(2)19-10)15-17-14(9-20-15)12-3-5-13(16)6-4-12/h3-6,9-11H,7-8H2,1-2H3. The molecule has 0 aliphatic carbocycles. The summed E-state index contributed by atoms with van der Waals surface area (Å²) in [6.45, 7) is 5.88. The monoisotopic (exact) mass is 292 g/mol. The lowest BCUT2D eigenvalue weighted by Gasteiger charge is -2.35. The van der Waals surface area contributed by atoms with Crippen LogP contribution >= 0.6 is 11.3 Å². The van der Waals surface area contributed by atoms with Crippen LogP contribution in [0.1, 0.15) is 13.8 Å². The molecular formula is C15H17FN2OS. The van der Waals surface area contributed by atoms with Crippen molar-refractivity contribution in [1.29, 1.82) is 0 Å². The van der Waals surface area contributed by atoms with E-state index < -0.39 is 0 Å². The first kappa shape index (κ1) is 13.5. The van der Waals surface area contributed by atoms with Gasteiger partial charge in [-0.15, -0.1) is 11.3 Å². The van der Waals surface area contributed by atoms with Gasteiger partial charge in [-0.2, -0.15) is 0 Å². The summed E-state index contributed by atoms with van der Waals surface area (Å²) in [7, 11) is 0. The Bertz CT molecular complexity index is 574. The smallest absolute Gasteiger partial charge is 0.186 e. The van der Waals surface area contributed by atoms with Gasteiger partial charge in [-0.3, -0.25) is 0 Å². The summed E-state index contributed by atoms with van der Waals surface area (Å²) in [5.41, 5.74) is 1.85. The number of nitrogens with zero attached hydrogens (tertiary/aromatic N) is 2. The van der Waals surface area contributed by atoms with E-state index in [0.717, 1.165) is 29.5 Å². The second-order valence-electron chi connectivity index (χ2n) is 5.18. The molecule has 20 heavy (non-hydrogen) atoms. The molecule has 0 bridgehead atoms. The highest BCUT2D eigenvalue weighted by atomic mass is 32.1. The van der Waals surface area contributed by atoms with Gasteiger partial charge in [-0.25, -0.2) is 9.37 Å². The highest BCUT2D eigenvalue weighted by Gasteiger charge is 2.24. The highest BCUT2D eigenvalue weighted by molar-refractivity contribution is 7.14. The van der Waals surface area contributed by atoms with Crippen LogP contribution in [0.15, 0.2) is 29.6 Å². The van der Waals surface area contributed by atoms with Crippen molar-refractivity contribution in [3.8, 4) is 11.3 Å². The Morgan fingerprint density at radius 1 is 1.20 bits per heavy atom. The summed E-state index contributed by atoms with van der Waals surface area (Å²) in [6, 6.07) is 6.46. The summed E-state index contributed by atoms with van der Waals surface area (Å²) in [6.07, 6.45) is 0.439. The van der Waals surface area contributed by atoms with Crippen LogP contribution in [0.25, 0.3) is 11.3 Å². The maximum atomic E-state index is 12.9. The van der Waals surface area contributed by atoms with E-state index in [-0.39, 0.29) is 18.0 Å². The van der Waals surface area contributed by atoms with Crippen LogP contribution in [-0.4, -0.2) is 30.3 Å². The van der Waals surface area contributed by atoms with Crippen LogP contribution in [0.4, 0.5) is 9.52 Å². The van der Waals surface area contributed by atoms with Gasteiger partial charge in [0, 0.05) is 24.0 Å². The first-order chi connectivity index (χ1) is 9.61. The molecule has 3 nitrogen and oxygen atoms in total. The van der Waals surface area contributed by atoms with E-state index in [4.69, 9.17) is 4.74 Å². The number of thiazole rings is 1. The Balaban J connectivity index is 1.81. The minimum Gasteiger partial charge on any atom is -0.372 e. The van der Waals surface area contributed by atoms with Gasteiger partial charge in [0.05, 0.1) is 17.9 Å². The second kappa shape index (κ2) is 5.50. The van der Waals surface area contributed by atoms with Crippen LogP contribution < -0.4 is 4.90 Å². The Hall–Kier alpha value is -1.46. The number of ether oxygens (including phenoxy) is 1. The van der Waals surface area contributed by atoms with Crippen molar-refractivity contribution >= 4 is 16.5 Å². The molecule has 0 amide bonds. The van der Waals surface area contributed by atoms with Crippen molar-refractivity contribution in [3.05, 3.63) is 35.5 Å². The van der Waals surface area contributed by atoms with Gasteiger partial charge in [0.2, 0.25) is 0 Å². The fraction of sp³-hybridized carbons (Fsp3) is 0.400. The molecule has 1 aliphatic rings. The molecule has 2 atom stereocenters. The summed E-state index contributed by atoms with van der Waals surface area (Å²) in [5, 5.41) is 3.03. The normalized spacial score (nSPS) is 23.1. The Labute approximate surface area is 122 Å². The number of morpholine rings is 1. The molecule has 1 aromatic heterocycles. The molecule has 1 aromatic carbocycles. The van der Waals surface area contributed by atoms with Gasteiger partial charge in [-0.05, 0) is 38.1 Å². The molecule has 0 N–H and O–H groups in total. The molecule has 1 saturated heterocycles. The van der Waals surface area contributed by atoms with Crippen molar-refractivity contribution in [1.82, 2.24) is 4.98 Å². The Kier molecular flexibility index (Phi) is 3.72. The van der Waals surface area contributed by atoms with E-state index in [1.54, 1.807) is 23.5 Å². The minimum atomic E-state index is -0.222. The SMILES string of the molecule is CC1CN(c2nc(-c3ccc(F)cc3)cs2)CC(C)O1. The van der Waals surface area contributed by atoms with Crippen LogP contribution in [0.3, 0.4) is 0 Å². The fourth-order valence-electron chi connectivity index (χ4n) is 2.50. The van der Waals surface area contributed by atoms with Gasteiger partial charge in [-0.1, -0.05) is 0 Å². The van der Waals surface area contributed by atoms with E-state index in [2.05, 4.69) is 23.7 Å². The lowest BCUT2D eigenvalue weighted by atomic mass is 10.2. The molecule has 5 heteroatoms. The van der Waals surface area contributed by atoms with Crippen molar-refractivity contribution in [3.63, 3.8) is 0 Å². The molecule has 2 heterocycles. The maximum Gasteiger partial charge on any atom is 0.186 e. The van der Waals surface area contributed by atoms with Crippen molar-refractivity contribution < 1.29 is 9.13 Å². The first-order valence-corrected chi connectivity index (χ1v) is 7.61. The number of hydrogen-bond donors (Lipinski definition) is 0. The molecule has 2 aromatic rings. The van der Waals surface area contributed by atoms with Gasteiger partial charge in [0.1, 0.15) is 5.82 Å². The van der Waals surface area contributed by atoms with Crippen molar-refractivity contribution in [2.75, 3.05) is 18.0 Å². The number of aromatic nitrogens is 1. The molecule has 3 rings (SSSR count). The number of benzene rings is 1. The van der Waals surface area contributed by atoms with Crippen LogP contribution in [-0.2, 0) is 4.74 Å². The van der Waals surface area contributed by atoms with Gasteiger partial charge in [0.15, 0.2) is 5.13 Å². The third-order valence-electron chi connectivity index (χ3n) is 3.32. The van der Waals surface area contributed by atoms with Crippen LogP contribution in [0, 0.1) is 5.82 Å². The third kappa shape index (κ3) is 2.83. The predicted octanol–water partition coefficient (Wildman–Crippen LogP) is 3.56. The van der Waals surface area contributed by atoms with E-state index in [1.165, 1.54) is 12.1 Å². The average molecular weight is 292 g/mol. The first-order valence-electron chi connectivity index (χ1n) is 6.73. The lowest BCUT2D eigenvalue weighted by Crippen LogP contribution is -2.45. The van der Waals surface area contributed by atoms with Gasteiger partial charge in [0.25, 0.3) is 0 Å². The molecule has 2 unspecified atom stereocenters. The molecule has 106 valence electrons. The molecule has 0 radical (unpaired) electrons. The number of anilines is 1. The Morgan fingerprint density at radius 3 is 2.50 bits per heavy atom. The lowest BCUT2D eigenvalue weighted by molar-refractivity contribution is -0.00522. The summed E-state index contributed by atoms with van der Waals surface area (Å²) < 4.78 is 18.7. The minimum absolute atomic E-state index is 0.219. The summed E-state index contributed by atoms with van der Waals surface area (Å²) >= 11 is 1.62. The van der Waals surface area contributed by atoms with Crippen LogP contribution in [0.5, 0.6) is 0 Å². The van der Waals surface area contributed by atoms with Crippen molar-refractivity contribution in [2.45, 2.75) is 26.1 Å². The molecule has 1 fully saturated rings. The summed E-state index contributed by atoms with van der Waals surface area (Å²) in [5.74, 6) is -0.222. The zero-order valence-electron chi connectivity index (χ0n) is 11.5. The topological polar surface area (TPSA) is 25.4 Å². The third-order valence-corrected chi connectivity index (χ3v) is 4.22. The fourth-order valence-corrected chi connectivity index (χ4v) is 3.35. The second-order valence-corrected chi connectivity index (χ2v) is 6.02. The quantitative estimate of drug-likeness (QED) is 0.846. The molecular weight excluding hydrogens is 275 g/mol. The van der Waals surface area contributed by atoms with E-state index in [1.807, 2.05) is 5.38 Å². The molecule has 0 spiro atoms. The zero-order valence-corrected chi connectivity index (χ0v) is 12.4. The highest BCUT2D eigenvalue weighted by Crippen LogP contribution is 2.29. The summed E-state index contributed by atoms with van der Waals surface area (Å²) in [4.78, 5) is 6.93. The van der Waals surface area contributed by atoms with Crippen LogP contribution in [0.2, 0.25) is 0 Å². The zero-order chi connectivity index (χ0) is 14.1. The van der Waals surface area contributed by atoms with Crippen molar-refractivity contribution in [2.24, 2.45) is 0 Å². The van der Waals surface area contributed by atoms with E-state index in [9.17, 15) is 4.39 Å². The largest absolute Gasteiger partial charge is 0.372 e. The van der Waals surface area contributed by atoms with Gasteiger partial charge >= 0.3 is 0 Å². The Morgan fingerprint density at radius 2 is 1.85 bits per heavy atom. The number of rotatable bonds is 2. The average Bonchev–Trinajstić information content (AvgIpc) is 2.88. The van der Waals surface area contributed by atoms with E-state index in [0.29, 0.717) is 0 Å². The number of hydrogen-bond acceptors (Lipinski definition) is 4. The molecule has 1 aliphatic heterocycles. The predicted molar refractivity (Wildman–Crippen MR) is 79.7 cm³/mol. The van der Waals surface area contributed by atoms with E-state index >= 15 is 0 Å². The maximum absolute atomic E-state index is 12.9.